The van der Waals surface area contributed by atoms with Gasteiger partial charge in [0.1, 0.15) is 16.9 Å². The van der Waals surface area contributed by atoms with Crippen LogP contribution >= 0.6 is 15.9 Å². The van der Waals surface area contributed by atoms with E-state index in [0.717, 1.165) is 0 Å². The summed E-state index contributed by atoms with van der Waals surface area (Å²) in [6.45, 7) is 2.85. The van der Waals surface area contributed by atoms with Crippen molar-refractivity contribution in [1.29, 1.82) is 0 Å². The Morgan fingerprint density at radius 1 is 1.40 bits per heavy atom. The first-order chi connectivity index (χ1) is 9.65. The molecular formula is C14H14BrNO4. The molecule has 2 aromatic rings. The molecule has 0 aliphatic heterocycles. The Bertz CT molecular complexity index is 680. The third kappa shape index (κ3) is 3.19. The van der Waals surface area contributed by atoms with E-state index >= 15 is 0 Å². The van der Waals surface area contributed by atoms with Crippen LogP contribution in [0.25, 0.3) is 11.0 Å². The van der Waals surface area contributed by atoms with Gasteiger partial charge >= 0.3 is 5.63 Å². The molecule has 0 unspecified atom stereocenters. The normalized spacial score (nSPS) is 10.5. The minimum Gasteiger partial charge on any atom is -0.494 e. The van der Waals surface area contributed by atoms with Crippen molar-refractivity contribution < 1.29 is 13.9 Å². The van der Waals surface area contributed by atoms with Crippen LogP contribution in [0.4, 0.5) is 0 Å². The number of nitrogens with one attached hydrogen (secondary N) is 1. The minimum atomic E-state index is -0.654. The Morgan fingerprint density at radius 3 is 2.90 bits per heavy atom. The summed E-state index contributed by atoms with van der Waals surface area (Å²) in [5, 5.41) is 3.91. The molecule has 0 bridgehead atoms. The van der Waals surface area contributed by atoms with Gasteiger partial charge < -0.3 is 14.5 Å². The quantitative estimate of drug-likeness (QED) is 0.670. The molecule has 1 amide bonds. The molecule has 0 saturated heterocycles. The molecule has 5 nitrogen and oxygen atoms in total. The second kappa shape index (κ2) is 6.56. The molecule has 0 spiro atoms. The maximum absolute atomic E-state index is 11.8. The summed E-state index contributed by atoms with van der Waals surface area (Å²) in [6.07, 6.45) is 0. The van der Waals surface area contributed by atoms with Gasteiger partial charge in [0, 0.05) is 23.3 Å². The van der Waals surface area contributed by atoms with Crippen molar-refractivity contribution in [2.75, 3.05) is 18.5 Å². The zero-order valence-electron chi connectivity index (χ0n) is 10.9. The standard InChI is InChI=1S/C14H14BrNO4/c1-2-19-10-4-3-9-7-11(13(17)16-6-5-15)14(18)20-12(9)8-10/h3-4,7-8H,2,5-6H2,1H3,(H,16,17). The molecule has 1 N–H and O–H groups in total. The van der Waals surface area contributed by atoms with E-state index in [-0.39, 0.29) is 5.56 Å². The van der Waals surface area contributed by atoms with Crippen LogP contribution in [0.2, 0.25) is 0 Å². The SMILES string of the molecule is CCOc1ccc2cc(C(=O)NCCBr)c(=O)oc2c1. The largest absolute Gasteiger partial charge is 0.494 e. The van der Waals surface area contributed by atoms with Gasteiger partial charge in [0.15, 0.2) is 0 Å². The highest BCUT2D eigenvalue weighted by atomic mass is 79.9. The summed E-state index contributed by atoms with van der Waals surface area (Å²) in [7, 11) is 0. The highest BCUT2D eigenvalue weighted by molar-refractivity contribution is 9.09. The van der Waals surface area contributed by atoms with E-state index in [1.54, 1.807) is 18.2 Å². The van der Waals surface area contributed by atoms with Gasteiger partial charge in [0.25, 0.3) is 5.91 Å². The van der Waals surface area contributed by atoms with Gasteiger partial charge in [-0.05, 0) is 25.1 Å². The molecule has 0 fully saturated rings. The van der Waals surface area contributed by atoms with Crippen molar-refractivity contribution in [3.8, 4) is 5.75 Å². The van der Waals surface area contributed by atoms with Gasteiger partial charge in [0.2, 0.25) is 0 Å². The van der Waals surface area contributed by atoms with Crippen LogP contribution in [0.15, 0.2) is 33.5 Å². The number of hydrogen-bond donors (Lipinski definition) is 1. The third-order valence-electron chi connectivity index (χ3n) is 2.64. The zero-order chi connectivity index (χ0) is 14.5. The van der Waals surface area contributed by atoms with E-state index in [4.69, 9.17) is 9.15 Å². The van der Waals surface area contributed by atoms with Crippen molar-refractivity contribution in [2.45, 2.75) is 6.92 Å². The molecule has 0 aliphatic carbocycles. The summed E-state index contributed by atoms with van der Waals surface area (Å²) >= 11 is 3.20. The second-order valence-corrected chi connectivity index (χ2v) is 4.82. The Hall–Kier alpha value is -1.82. The maximum atomic E-state index is 11.8. The van der Waals surface area contributed by atoms with E-state index in [1.807, 2.05) is 6.92 Å². The number of halogens is 1. The van der Waals surface area contributed by atoms with Gasteiger partial charge in [-0.2, -0.15) is 0 Å². The average Bonchev–Trinajstić information content (AvgIpc) is 2.44. The van der Waals surface area contributed by atoms with Crippen molar-refractivity contribution in [2.24, 2.45) is 0 Å². The van der Waals surface area contributed by atoms with Crippen molar-refractivity contribution in [3.05, 3.63) is 40.2 Å². The summed E-state index contributed by atoms with van der Waals surface area (Å²) in [4.78, 5) is 23.6. The predicted octanol–water partition coefficient (Wildman–Crippen LogP) is 2.32. The molecule has 1 heterocycles. The fourth-order valence-corrected chi connectivity index (χ4v) is 1.96. The van der Waals surface area contributed by atoms with Crippen LogP contribution in [0.3, 0.4) is 0 Å². The Kier molecular flexibility index (Phi) is 4.79. The third-order valence-corrected chi connectivity index (χ3v) is 3.04. The molecule has 0 radical (unpaired) electrons. The van der Waals surface area contributed by atoms with Gasteiger partial charge in [-0.3, -0.25) is 4.79 Å². The predicted molar refractivity (Wildman–Crippen MR) is 79.8 cm³/mol. The van der Waals surface area contributed by atoms with Gasteiger partial charge in [0.05, 0.1) is 6.61 Å². The lowest BCUT2D eigenvalue weighted by atomic mass is 10.1. The molecule has 1 aromatic heterocycles. The minimum absolute atomic E-state index is 0.00242. The van der Waals surface area contributed by atoms with Crippen LogP contribution < -0.4 is 15.7 Å². The first-order valence-electron chi connectivity index (χ1n) is 6.20. The molecule has 0 atom stereocenters. The average molecular weight is 340 g/mol. The van der Waals surface area contributed by atoms with Crippen molar-refractivity contribution in [3.63, 3.8) is 0 Å². The number of hydrogen-bond acceptors (Lipinski definition) is 4. The topological polar surface area (TPSA) is 68.5 Å². The van der Waals surface area contributed by atoms with Crippen molar-refractivity contribution in [1.82, 2.24) is 5.32 Å². The van der Waals surface area contributed by atoms with Crippen LogP contribution in [-0.2, 0) is 0 Å². The van der Waals surface area contributed by atoms with E-state index in [2.05, 4.69) is 21.2 Å². The molecule has 20 heavy (non-hydrogen) atoms. The molecule has 6 heteroatoms. The van der Waals surface area contributed by atoms with E-state index in [1.165, 1.54) is 6.07 Å². The molecule has 0 saturated carbocycles. The lowest BCUT2D eigenvalue weighted by Crippen LogP contribution is -2.29. The van der Waals surface area contributed by atoms with Crippen LogP contribution in [-0.4, -0.2) is 24.4 Å². The summed E-state index contributed by atoms with van der Waals surface area (Å²) in [5.41, 5.74) is -0.251. The second-order valence-electron chi connectivity index (χ2n) is 4.03. The van der Waals surface area contributed by atoms with Crippen LogP contribution in [0.1, 0.15) is 17.3 Å². The van der Waals surface area contributed by atoms with Gasteiger partial charge in [-0.1, -0.05) is 15.9 Å². The summed E-state index contributed by atoms with van der Waals surface area (Å²) in [5.74, 6) is 0.189. The van der Waals surface area contributed by atoms with E-state index < -0.39 is 11.5 Å². The Balaban J connectivity index is 2.40. The first-order valence-corrected chi connectivity index (χ1v) is 7.32. The monoisotopic (exact) mass is 339 g/mol. The summed E-state index contributed by atoms with van der Waals surface area (Å²) < 4.78 is 10.5. The lowest BCUT2D eigenvalue weighted by Gasteiger charge is -2.05. The van der Waals surface area contributed by atoms with Gasteiger partial charge in [-0.15, -0.1) is 0 Å². The van der Waals surface area contributed by atoms with E-state index in [0.29, 0.717) is 35.2 Å². The molecule has 1 aromatic carbocycles. The lowest BCUT2D eigenvalue weighted by molar-refractivity contribution is 0.0953. The number of alkyl halides is 1. The molecule has 0 aliphatic rings. The molecule has 2 rings (SSSR count). The number of benzene rings is 1. The Morgan fingerprint density at radius 2 is 2.20 bits per heavy atom. The number of rotatable bonds is 5. The number of ether oxygens (including phenoxy) is 1. The zero-order valence-corrected chi connectivity index (χ0v) is 12.5. The fraction of sp³-hybridized carbons (Fsp3) is 0.286. The van der Waals surface area contributed by atoms with Crippen LogP contribution in [0, 0.1) is 0 Å². The highest BCUT2D eigenvalue weighted by Gasteiger charge is 2.13. The highest BCUT2D eigenvalue weighted by Crippen LogP contribution is 2.20. The smallest absolute Gasteiger partial charge is 0.349 e. The fourth-order valence-electron chi connectivity index (χ4n) is 1.76. The van der Waals surface area contributed by atoms with Crippen molar-refractivity contribution >= 4 is 32.8 Å². The number of fused-ring (bicyclic) bond motifs is 1. The van der Waals surface area contributed by atoms with Gasteiger partial charge in [-0.25, -0.2) is 4.79 Å². The molecular weight excluding hydrogens is 326 g/mol. The maximum Gasteiger partial charge on any atom is 0.349 e. The first kappa shape index (κ1) is 14.6. The summed E-state index contributed by atoms with van der Waals surface area (Å²) in [6, 6.07) is 6.69. The van der Waals surface area contributed by atoms with E-state index in [9.17, 15) is 9.59 Å². The molecule has 106 valence electrons. The number of amides is 1. The number of carbonyl (C=O) groups excluding carboxylic acids is 1. The van der Waals surface area contributed by atoms with Crippen LogP contribution in [0.5, 0.6) is 5.75 Å². The Labute approximate surface area is 124 Å². The number of carbonyl (C=O) groups is 1.